The van der Waals surface area contributed by atoms with Gasteiger partial charge < -0.3 is 5.32 Å². The number of halogens is 5. The Bertz CT molecular complexity index is 395. The summed E-state index contributed by atoms with van der Waals surface area (Å²) in [5.41, 5.74) is -0.318. The van der Waals surface area contributed by atoms with Crippen LogP contribution in [0.5, 0.6) is 0 Å². The van der Waals surface area contributed by atoms with Crippen molar-refractivity contribution >= 4 is 0 Å². The summed E-state index contributed by atoms with van der Waals surface area (Å²) in [6, 6.07) is 3.72. The predicted octanol–water partition coefficient (Wildman–Crippen LogP) is 3.38. The van der Waals surface area contributed by atoms with E-state index in [0.29, 0.717) is 5.56 Å². The zero-order valence-corrected chi connectivity index (χ0v) is 8.69. The number of rotatable bonds is 1. The molecule has 1 aliphatic heterocycles. The maximum atomic E-state index is 12.9. The van der Waals surface area contributed by atoms with E-state index < -0.39 is 30.2 Å². The molecular weight excluding hydrogens is 241 g/mol. The monoisotopic (exact) mass is 251 g/mol. The Labute approximate surface area is 94.6 Å². The van der Waals surface area contributed by atoms with Crippen LogP contribution in [0, 0.1) is 0 Å². The summed E-state index contributed by atoms with van der Waals surface area (Å²) in [4.78, 5) is 0. The molecule has 1 aromatic carbocycles. The van der Waals surface area contributed by atoms with Gasteiger partial charge in [-0.1, -0.05) is 12.1 Å². The minimum atomic E-state index is -4.40. The second-order valence-corrected chi connectivity index (χ2v) is 4.11. The van der Waals surface area contributed by atoms with E-state index in [4.69, 9.17) is 0 Å². The van der Waals surface area contributed by atoms with Crippen molar-refractivity contribution in [1.29, 1.82) is 0 Å². The van der Waals surface area contributed by atoms with Crippen molar-refractivity contribution in [3.8, 4) is 0 Å². The molecule has 94 valence electrons. The highest BCUT2D eigenvalue weighted by Gasteiger charge is 2.40. The van der Waals surface area contributed by atoms with Gasteiger partial charge in [-0.25, -0.2) is 8.78 Å². The standard InChI is InChI=1S/C11H10F5N/c12-10(13)5-9(17-6-10)7-1-3-8(4-2-7)11(14,15)16/h1-4,9,17H,5-6H2. The average Bonchev–Trinajstić information content (AvgIpc) is 2.58. The van der Waals surface area contributed by atoms with Crippen LogP contribution in [0.4, 0.5) is 22.0 Å². The zero-order chi connectivity index (χ0) is 12.7. The number of hydrogen-bond donors (Lipinski definition) is 1. The molecule has 1 saturated heterocycles. The van der Waals surface area contributed by atoms with Crippen molar-refractivity contribution in [3.63, 3.8) is 0 Å². The molecule has 0 aliphatic carbocycles. The maximum Gasteiger partial charge on any atom is 0.416 e. The van der Waals surface area contributed by atoms with Gasteiger partial charge in [-0.3, -0.25) is 0 Å². The fourth-order valence-electron chi connectivity index (χ4n) is 1.86. The highest BCUT2D eigenvalue weighted by atomic mass is 19.4. The van der Waals surface area contributed by atoms with Crippen molar-refractivity contribution in [1.82, 2.24) is 5.32 Å². The van der Waals surface area contributed by atoms with Crippen molar-refractivity contribution in [2.24, 2.45) is 0 Å². The predicted molar refractivity (Wildman–Crippen MR) is 51.8 cm³/mol. The van der Waals surface area contributed by atoms with Crippen LogP contribution in [0.3, 0.4) is 0 Å². The molecule has 1 aliphatic rings. The third-order valence-electron chi connectivity index (χ3n) is 2.75. The van der Waals surface area contributed by atoms with Gasteiger partial charge in [0.1, 0.15) is 0 Å². The second-order valence-electron chi connectivity index (χ2n) is 4.11. The van der Waals surface area contributed by atoms with Crippen molar-refractivity contribution in [2.75, 3.05) is 6.54 Å². The molecule has 6 heteroatoms. The molecule has 2 rings (SSSR count). The highest BCUT2D eigenvalue weighted by molar-refractivity contribution is 5.27. The van der Waals surface area contributed by atoms with Crippen LogP contribution in [-0.4, -0.2) is 12.5 Å². The van der Waals surface area contributed by atoms with Gasteiger partial charge in [0.05, 0.1) is 12.1 Å². The largest absolute Gasteiger partial charge is 0.416 e. The fourth-order valence-corrected chi connectivity index (χ4v) is 1.86. The van der Waals surface area contributed by atoms with Crippen LogP contribution in [0.2, 0.25) is 0 Å². The Hall–Kier alpha value is -1.17. The molecule has 1 heterocycles. The number of benzene rings is 1. The van der Waals surface area contributed by atoms with Gasteiger partial charge in [-0.05, 0) is 17.7 Å². The third kappa shape index (κ3) is 2.74. The Morgan fingerprint density at radius 1 is 1.12 bits per heavy atom. The molecule has 0 aromatic heterocycles. The van der Waals surface area contributed by atoms with Crippen LogP contribution in [0.15, 0.2) is 24.3 Å². The summed E-state index contributed by atoms with van der Waals surface area (Å²) in [5.74, 6) is -2.78. The fraction of sp³-hybridized carbons (Fsp3) is 0.455. The van der Waals surface area contributed by atoms with Gasteiger partial charge in [0.15, 0.2) is 0 Å². The average molecular weight is 251 g/mol. The summed E-state index contributed by atoms with van der Waals surface area (Å²) < 4.78 is 62.7. The van der Waals surface area contributed by atoms with E-state index in [2.05, 4.69) is 5.32 Å². The lowest BCUT2D eigenvalue weighted by molar-refractivity contribution is -0.137. The first kappa shape index (κ1) is 12.3. The van der Waals surface area contributed by atoms with Crippen LogP contribution >= 0.6 is 0 Å². The van der Waals surface area contributed by atoms with Gasteiger partial charge in [-0.15, -0.1) is 0 Å². The first-order valence-corrected chi connectivity index (χ1v) is 5.06. The molecule has 0 radical (unpaired) electrons. The highest BCUT2D eigenvalue weighted by Crippen LogP contribution is 2.35. The molecule has 0 bridgehead atoms. The van der Waals surface area contributed by atoms with Gasteiger partial charge >= 0.3 is 6.18 Å². The Balaban J connectivity index is 2.14. The lowest BCUT2D eigenvalue weighted by Crippen LogP contribution is -2.19. The summed E-state index contributed by atoms with van der Waals surface area (Å²) in [6.07, 6.45) is -4.77. The minimum Gasteiger partial charge on any atom is -0.304 e. The van der Waals surface area contributed by atoms with Crippen LogP contribution in [0.25, 0.3) is 0 Å². The van der Waals surface area contributed by atoms with Gasteiger partial charge in [-0.2, -0.15) is 13.2 Å². The van der Waals surface area contributed by atoms with Crippen molar-refractivity contribution in [2.45, 2.75) is 24.6 Å². The third-order valence-corrected chi connectivity index (χ3v) is 2.75. The molecule has 1 atom stereocenters. The first-order valence-electron chi connectivity index (χ1n) is 5.06. The van der Waals surface area contributed by atoms with E-state index in [-0.39, 0.29) is 6.42 Å². The molecule has 0 amide bonds. The summed E-state index contributed by atoms with van der Waals surface area (Å²) in [5, 5.41) is 2.59. The van der Waals surface area contributed by atoms with E-state index in [1.165, 1.54) is 12.1 Å². The second kappa shape index (κ2) is 3.94. The molecular formula is C11H10F5N. The van der Waals surface area contributed by atoms with E-state index in [1.54, 1.807) is 0 Å². The summed E-state index contributed by atoms with van der Waals surface area (Å²) in [7, 11) is 0. The van der Waals surface area contributed by atoms with E-state index in [0.717, 1.165) is 12.1 Å². The van der Waals surface area contributed by atoms with Gasteiger partial charge in [0.25, 0.3) is 5.92 Å². The lowest BCUT2D eigenvalue weighted by atomic mass is 10.0. The topological polar surface area (TPSA) is 12.0 Å². The summed E-state index contributed by atoms with van der Waals surface area (Å²) >= 11 is 0. The number of nitrogens with one attached hydrogen (secondary N) is 1. The Kier molecular flexibility index (Phi) is 2.85. The van der Waals surface area contributed by atoms with Gasteiger partial charge in [0.2, 0.25) is 0 Å². The molecule has 1 fully saturated rings. The number of alkyl halides is 5. The Morgan fingerprint density at radius 3 is 2.12 bits per heavy atom. The minimum absolute atomic E-state index is 0.377. The molecule has 1 N–H and O–H groups in total. The SMILES string of the molecule is FC1(F)CNC(c2ccc(C(F)(F)F)cc2)C1. The van der Waals surface area contributed by atoms with Gasteiger partial charge in [0, 0.05) is 12.5 Å². The molecule has 0 spiro atoms. The lowest BCUT2D eigenvalue weighted by Gasteiger charge is -2.12. The van der Waals surface area contributed by atoms with E-state index in [9.17, 15) is 22.0 Å². The van der Waals surface area contributed by atoms with E-state index in [1.807, 2.05) is 0 Å². The van der Waals surface area contributed by atoms with E-state index >= 15 is 0 Å². The molecule has 1 nitrogen and oxygen atoms in total. The quantitative estimate of drug-likeness (QED) is 0.754. The van der Waals surface area contributed by atoms with Crippen LogP contribution < -0.4 is 5.32 Å². The Morgan fingerprint density at radius 2 is 1.71 bits per heavy atom. The van der Waals surface area contributed by atoms with Crippen molar-refractivity contribution in [3.05, 3.63) is 35.4 Å². The molecule has 0 saturated carbocycles. The molecule has 1 aromatic rings. The zero-order valence-electron chi connectivity index (χ0n) is 8.69. The molecule has 17 heavy (non-hydrogen) atoms. The normalized spacial score (nSPS) is 23.9. The maximum absolute atomic E-state index is 12.9. The number of hydrogen-bond acceptors (Lipinski definition) is 1. The summed E-state index contributed by atoms with van der Waals surface area (Å²) in [6.45, 7) is -0.432. The smallest absolute Gasteiger partial charge is 0.304 e. The van der Waals surface area contributed by atoms with Crippen LogP contribution in [0.1, 0.15) is 23.6 Å². The first-order chi connectivity index (χ1) is 7.78. The molecule has 1 unspecified atom stereocenters. The van der Waals surface area contributed by atoms with Crippen LogP contribution in [-0.2, 0) is 6.18 Å². The van der Waals surface area contributed by atoms with Crippen molar-refractivity contribution < 1.29 is 22.0 Å².